The van der Waals surface area contributed by atoms with Gasteiger partial charge in [-0.05, 0) is 24.0 Å². The van der Waals surface area contributed by atoms with E-state index in [1.807, 2.05) is 0 Å². The highest BCUT2D eigenvalue weighted by Crippen LogP contribution is 2.16. The molecule has 68 valence electrons. The topological polar surface area (TPSA) is 0 Å². The molecule has 0 spiro atoms. The first-order chi connectivity index (χ1) is 5.16. The van der Waals surface area contributed by atoms with E-state index in [1.54, 1.807) is 0 Å². The van der Waals surface area contributed by atoms with Gasteiger partial charge in [-0.25, -0.2) is 0 Å². The summed E-state index contributed by atoms with van der Waals surface area (Å²) >= 11 is 4.36. The smallest absolute Gasteiger partial charge is 0.00115 e. The minimum absolute atomic E-state index is 0.582. The van der Waals surface area contributed by atoms with E-state index in [4.69, 9.17) is 0 Å². The molecule has 0 nitrogen and oxygen atoms in total. The molecule has 0 aliphatic heterocycles. The normalized spacial score (nSPS) is 16.4. The van der Waals surface area contributed by atoms with Crippen LogP contribution in [-0.4, -0.2) is 5.25 Å². The monoisotopic (exact) mass is 174 g/mol. The largest absolute Gasteiger partial charge is 0.176 e. The quantitative estimate of drug-likeness (QED) is 0.580. The van der Waals surface area contributed by atoms with Crippen LogP contribution in [0.1, 0.15) is 52.9 Å². The Labute approximate surface area is 77.2 Å². The van der Waals surface area contributed by atoms with Crippen LogP contribution in [0.15, 0.2) is 0 Å². The Hall–Kier alpha value is 0.350. The highest BCUT2D eigenvalue weighted by atomic mass is 32.1. The molecule has 1 heteroatoms. The van der Waals surface area contributed by atoms with Crippen molar-refractivity contribution in [3.8, 4) is 0 Å². The van der Waals surface area contributed by atoms with E-state index in [9.17, 15) is 0 Å². The first kappa shape index (κ1) is 11.4. The van der Waals surface area contributed by atoms with Crippen molar-refractivity contribution in [2.75, 3.05) is 0 Å². The standard InChI is InChI=1S/C10H22S/c1-4-5-6-9(2)7-8-10(3)11/h9-11H,4-8H2,1-3H3. The van der Waals surface area contributed by atoms with Crippen molar-refractivity contribution >= 4 is 12.6 Å². The van der Waals surface area contributed by atoms with Gasteiger partial charge < -0.3 is 0 Å². The minimum atomic E-state index is 0.582. The van der Waals surface area contributed by atoms with Crippen molar-refractivity contribution in [2.24, 2.45) is 5.92 Å². The molecule has 2 atom stereocenters. The molecule has 0 heterocycles. The molecule has 0 fully saturated rings. The zero-order valence-electron chi connectivity index (χ0n) is 8.14. The van der Waals surface area contributed by atoms with Gasteiger partial charge in [0, 0.05) is 0 Å². The maximum Gasteiger partial charge on any atom is -0.00115 e. The highest BCUT2D eigenvalue weighted by Gasteiger charge is 2.02. The summed E-state index contributed by atoms with van der Waals surface area (Å²) in [6.07, 6.45) is 6.75. The van der Waals surface area contributed by atoms with Gasteiger partial charge in [-0.2, -0.15) is 12.6 Å². The van der Waals surface area contributed by atoms with Crippen LogP contribution in [-0.2, 0) is 0 Å². The third-order valence-electron chi connectivity index (χ3n) is 2.13. The van der Waals surface area contributed by atoms with Crippen molar-refractivity contribution in [2.45, 2.75) is 58.1 Å². The zero-order valence-corrected chi connectivity index (χ0v) is 9.03. The predicted molar refractivity (Wildman–Crippen MR) is 56.4 cm³/mol. The molecule has 0 aromatic carbocycles. The van der Waals surface area contributed by atoms with Gasteiger partial charge in [-0.15, -0.1) is 0 Å². The summed E-state index contributed by atoms with van der Waals surface area (Å²) < 4.78 is 0. The SMILES string of the molecule is CCCCC(C)CCC(C)S. The molecular formula is C10H22S. The average Bonchev–Trinajstić information content (AvgIpc) is 1.97. The van der Waals surface area contributed by atoms with Gasteiger partial charge in [0.25, 0.3) is 0 Å². The van der Waals surface area contributed by atoms with Crippen LogP contribution < -0.4 is 0 Å². The molecule has 0 rings (SSSR count). The highest BCUT2D eigenvalue weighted by molar-refractivity contribution is 7.80. The molecule has 0 aliphatic carbocycles. The summed E-state index contributed by atoms with van der Waals surface area (Å²) in [6.45, 7) is 6.79. The van der Waals surface area contributed by atoms with E-state index in [0.29, 0.717) is 5.25 Å². The average molecular weight is 174 g/mol. The molecule has 0 N–H and O–H groups in total. The van der Waals surface area contributed by atoms with Crippen LogP contribution in [0.3, 0.4) is 0 Å². The van der Waals surface area contributed by atoms with E-state index in [-0.39, 0.29) is 0 Å². The Morgan fingerprint density at radius 3 is 2.18 bits per heavy atom. The fourth-order valence-electron chi connectivity index (χ4n) is 1.22. The second-order valence-corrected chi connectivity index (χ2v) is 4.56. The van der Waals surface area contributed by atoms with Gasteiger partial charge in [-0.1, -0.05) is 40.0 Å². The van der Waals surface area contributed by atoms with E-state index in [1.165, 1.54) is 32.1 Å². The molecular weight excluding hydrogens is 152 g/mol. The number of hydrogen-bond donors (Lipinski definition) is 1. The minimum Gasteiger partial charge on any atom is -0.176 e. The second kappa shape index (κ2) is 7.02. The molecule has 11 heavy (non-hydrogen) atoms. The first-order valence-corrected chi connectivity index (χ1v) is 5.36. The maximum absolute atomic E-state index is 4.36. The fourth-order valence-corrected chi connectivity index (χ4v) is 1.37. The lowest BCUT2D eigenvalue weighted by molar-refractivity contribution is 0.457. The maximum atomic E-state index is 4.36. The summed E-state index contributed by atoms with van der Waals surface area (Å²) in [4.78, 5) is 0. The molecule has 0 aromatic heterocycles. The van der Waals surface area contributed by atoms with Crippen molar-refractivity contribution in [3.63, 3.8) is 0 Å². The number of rotatable bonds is 6. The van der Waals surface area contributed by atoms with Crippen molar-refractivity contribution in [3.05, 3.63) is 0 Å². The Kier molecular flexibility index (Phi) is 7.25. The summed E-state index contributed by atoms with van der Waals surface area (Å²) in [7, 11) is 0. The zero-order chi connectivity index (χ0) is 8.69. The fraction of sp³-hybridized carbons (Fsp3) is 1.00. The van der Waals surface area contributed by atoms with E-state index < -0.39 is 0 Å². The summed E-state index contributed by atoms with van der Waals surface area (Å²) in [5.74, 6) is 0.907. The molecule has 0 saturated heterocycles. The van der Waals surface area contributed by atoms with Crippen LogP contribution >= 0.6 is 12.6 Å². The van der Waals surface area contributed by atoms with Gasteiger partial charge >= 0.3 is 0 Å². The van der Waals surface area contributed by atoms with Gasteiger partial charge in [-0.3, -0.25) is 0 Å². The molecule has 0 radical (unpaired) electrons. The van der Waals surface area contributed by atoms with E-state index in [0.717, 1.165) is 5.92 Å². The molecule has 0 saturated carbocycles. The summed E-state index contributed by atoms with van der Waals surface area (Å²) in [5, 5.41) is 0.582. The molecule has 0 aromatic rings. The summed E-state index contributed by atoms with van der Waals surface area (Å²) in [6, 6.07) is 0. The van der Waals surface area contributed by atoms with Crippen LogP contribution in [0.5, 0.6) is 0 Å². The van der Waals surface area contributed by atoms with Gasteiger partial charge in [0.15, 0.2) is 0 Å². The van der Waals surface area contributed by atoms with Gasteiger partial charge in [0.1, 0.15) is 0 Å². The molecule has 2 unspecified atom stereocenters. The number of thiol groups is 1. The number of unbranched alkanes of at least 4 members (excludes halogenated alkanes) is 1. The lowest BCUT2D eigenvalue weighted by Gasteiger charge is -2.11. The molecule has 0 bridgehead atoms. The van der Waals surface area contributed by atoms with E-state index >= 15 is 0 Å². The third kappa shape index (κ3) is 8.25. The Balaban J connectivity index is 3.15. The first-order valence-electron chi connectivity index (χ1n) is 4.84. The van der Waals surface area contributed by atoms with E-state index in [2.05, 4.69) is 33.4 Å². The lowest BCUT2D eigenvalue weighted by Crippen LogP contribution is -1.99. The lowest BCUT2D eigenvalue weighted by atomic mass is 9.98. The van der Waals surface area contributed by atoms with Crippen LogP contribution in [0.4, 0.5) is 0 Å². The predicted octanol–water partition coefficient (Wildman–Crippen LogP) is 3.91. The Bertz CT molecular complexity index is 78.9. The molecule has 0 aliphatic rings. The van der Waals surface area contributed by atoms with Crippen LogP contribution in [0, 0.1) is 5.92 Å². The Morgan fingerprint density at radius 1 is 1.09 bits per heavy atom. The van der Waals surface area contributed by atoms with Gasteiger partial charge in [0.2, 0.25) is 0 Å². The van der Waals surface area contributed by atoms with Crippen LogP contribution in [0.25, 0.3) is 0 Å². The van der Waals surface area contributed by atoms with Crippen molar-refractivity contribution in [1.82, 2.24) is 0 Å². The Morgan fingerprint density at radius 2 is 1.73 bits per heavy atom. The third-order valence-corrected chi connectivity index (χ3v) is 2.39. The molecule has 0 amide bonds. The second-order valence-electron chi connectivity index (χ2n) is 3.67. The van der Waals surface area contributed by atoms with Gasteiger partial charge in [0.05, 0.1) is 0 Å². The number of hydrogen-bond acceptors (Lipinski definition) is 1. The van der Waals surface area contributed by atoms with Crippen molar-refractivity contribution < 1.29 is 0 Å². The summed E-state index contributed by atoms with van der Waals surface area (Å²) in [5.41, 5.74) is 0. The van der Waals surface area contributed by atoms with Crippen LogP contribution in [0.2, 0.25) is 0 Å². The van der Waals surface area contributed by atoms with Crippen molar-refractivity contribution in [1.29, 1.82) is 0 Å².